The number of carbonyl (C=O) groups is 1. The molecule has 2 aromatic rings. The first-order valence-electron chi connectivity index (χ1n) is 9.50. The summed E-state index contributed by atoms with van der Waals surface area (Å²) in [6.45, 7) is 0.449. The number of hydrogen-bond donors (Lipinski definition) is 2. The van der Waals surface area contributed by atoms with Crippen LogP contribution in [0.1, 0.15) is 42.7 Å². The van der Waals surface area contributed by atoms with E-state index in [0.717, 1.165) is 25.7 Å². The van der Waals surface area contributed by atoms with Crippen LogP contribution in [0.4, 0.5) is 4.79 Å². The van der Waals surface area contributed by atoms with Crippen LogP contribution in [0.5, 0.6) is 0 Å². The Kier molecular flexibility index (Phi) is 4.93. The Morgan fingerprint density at radius 3 is 2.27 bits per heavy atom. The topological polar surface area (TPSA) is 58.6 Å². The van der Waals surface area contributed by atoms with Crippen molar-refractivity contribution in [3.05, 3.63) is 59.7 Å². The summed E-state index contributed by atoms with van der Waals surface area (Å²) < 4.78 is 5.60. The van der Waals surface area contributed by atoms with Gasteiger partial charge in [-0.05, 0) is 35.1 Å². The number of aliphatic hydroxyl groups excluding tert-OH is 1. The summed E-state index contributed by atoms with van der Waals surface area (Å²) in [6, 6.07) is 16.7. The zero-order chi connectivity index (χ0) is 17.9. The fraction of sp³-hybridized carbons (Fsp3) is 0.409. The molecule has 2 N–H and O–H groups in total. The lowest BCUT2D eigenvalue weighted by Crippen LogP contribution is -2.43. The second kappa shape index (κ2) is 7.50. The number of fused-ring (bicyclic) bond motifs is 3. The van der Waals surface area contributed by atoms with Crippen LogP contribution in [0.25, 0.3) is 11.1 Å². The minimum atomic E-state index is -0.378. The molecule has 2 aromatic carbocycles. The van der Waals surface area contributed by atoms with Crippen LogP contribution in [-0.2, 0) is 4.74 Å². The van der Waals surface area contributed by atoms with Crippen molar-refractivity contribution in [2.45, 2.75) is 37.6 Å². The minimum Gasteiger partial charge on any atom is -0.449 e. The van der Waals surface area contributed by atoms with Gasteiger partial charge in [-0.1, -0.05) is 61.4 Å². The molecule has 4 rings (SSSR count). The molecule has 0 radical (unpaired) electrons. The molecule has 1 saturated carbocycles. The summed E-state index contributed by atoms with van der Waals surface area (Å²) in [5.41, 5.74) is 4.88. The van der Waals surface area contributed by atoms with Crippen molar-refractivity contribution < 1.29 is 14.6 Å². The number of benzene rings is 2. The summed E-state index contributed by atoms with van der Waals surface area (Å²) in [5, 5.41) is 12.5. The van der Waals surface area contributed by atoms with E-state index in [9.17, 15) is 9.90 Å². The molecule has 4 heteroatoms. The van der Waals surface area contributed by atoms with Crippen LogP contribution in [0, 0.1) is 5.92 Å². The minimum absolute atomic E-state index is 0.0180. The van der Waals surface area contributed by atoms with Crippen LogP contribution < -0.4 is 5.32 Å². The lowest BCUT2D eigenvalue weighted by atomic mass is 9.85. The van der Waals surface area contributed by atoms with Gasteiger partial charge in [0.05, 0.1) is 0 Å². The molecule has 2 atom stereocenters. The van der Waals surface area contributed by atoms with E-state index < -0.39 is 0 Å². The molecule has 0 heterocycles. The van der Waals surface area contributed by atoms with Gasteiger partial charge in [0, 0.05) is 24.5 Å². The van der Waals surface area contributed by atoms with Gasteiger partial charge >= 0.3 is 6.09 Å². The smallest absolute Gasteiger partial charge is 0.407 e. The molecule has 136 valence electrons. The average Bonchev–Trinajstić information content (AvgIpc) is 3.01. The zero-order valence-corrected chi connectivity index (χ0v) is 14.9. The highest BCUT2D eigenvalue weighted by molar-refractivity contribution is 5.79. The molecule has 0 bridgehead atoms. The van der Waals surface area contributed by atoms with E-state index in [1.165, 1.54) is 22.3 Å². The summed E-state index contributed by atoms with van der Waals surface area (Å²) >= 11 is 0. The predicted octanol–water partition coefficient (Wildman–Crippen LogP) is 4.08. The number of carbonyl (C=O) groups excluding carboxylic acids is 1. The maximum Gasteiger partial charge on any atom is 0.407 e. The van der Waals surface area contributed by atoms with Crippen molar-refractivity contribution >= 4 is 6.09 Å². The van der Waals surface area contributed by atoms with Crippen LogP contribution in [0.3, 0.4) is 0 Å². The van der Waals surface area contributed by atoms with Gasteiger partial charge in [-0.25, -0.2) is 4.79 Å². The molecule has 2 aliphatic carbocycles. The van der Waals surface area contributed by atoms with Crippen molar-refractivity contribution in [2.75, 3.05) is 13.2 Å². The number of nitrogens with one attached hydrogen (secondary N) is 1. The van der Waals surface area contributed by atoms with E-state index in [2.05, 4.69) is 29.6 Å². The predicted molar refractivity (Wildman–Crippen MR) is 101 cm³/mol. The maximum atomic E-state index is 12.3. The van der Waals surface area contributed by atoms with Gasteiger partial charge in [0.2, 0.25) is 0 Å². The molecule has 2 unspecified atom stereocenters. The molecular weight excluding hydrogens is 326 g/mol. The molecule has 0 spiro atoms. The fourth-order valence-electron chi connectivity index (χ4n) is 4.41. The summed E-state index contributed by atoms with van der Waals surface area (Å²) in [6.07, 6.45) is 3.70. The van der Waals surface area contributed by atoms with E-state index in [0.29, 0.717) is 6.61 Å². The van der Waals surface area contributed by atoms with E-state index in [4.69, 9.17) is 4.74 Å². The Hall–Kier alpha value is -2.33. The van der Waals surface area contributed by atoms with Crippen LogP contribution in [-0.4, -0.2) is 30.5 Å². The van der Waals surface area contributed by atoms with E-state index in [-0.39, 0.29) is 30.6 Å². The molecule has 0 aliphatic heterocycles. The number of hydrogen-bond acceptors (Lipinski definition) is 3. The van der Waals surface area contributed by atoms with Crippen molar-refractivity contribution in [3.8, 4) is 11.1 Å². The third-order valence-electron chi connectivity index (χ3n) is 5.79. The highest BCUT2D eigenvalue weighted by Crippen LogP contribution is 2.44. The Labute approximate surface area is 154 Å². The zero-order valence-electron chi connectivity index (χ0n) is 14.9. The van der Waals surface area contributed by atoms with Crippen molar-refractivity contribution in [1.29, 1.82) is 0 Å². The first-order valence-corrected chi connectivity index (χ1v) is 9.50. The molecule has 26 heavy (non-hydrogen) atoms. The molecule has 1 amide bonds. The van der Waals surface area contributed by atoms with Gasteiger partial charge in [-0.2, -0.15) is 0 Å². The Balaban J connectivity index is 1.44. The van der Waals surface area contributed by atoms with E-state index in [1.54, 1.807) is 0 Å². The standard InChI is InChI=1S/C22H25NO3/c24-13-15-7-1-6-12-21(15)23-22(25)26-14-20-18-10-4-2-8-16(18)17-9-3-5-11-19(17)20/h2-5,8-11,15,20-21,24H,1,6-7,12-14H2,(H,23,25). The van der Waals surface area contributed by atoms with E-state index in [1.807, 2.05) is 24.3 Å². The molecule has 0 aromatic heterocycles. The highest BCUT2D eigenvalue weighted by atomic mass is 16.5. The fourth-order valence-corrected chi connectivity index (χ4v) is 4.41. The van der Waals surface area contributed by atoms with Crippen LogP contribution in [0.15, 0.2) is 48.5 Å². The SMILES string of the molecule is O=C(NC1CCCCC1CO)OCC1c2ccccc2-c2ccccc21. The molecular formula is C22H25NO3. The van der Waals surface area contributed by atoms with Crippen LogP contribution >= 0.6 is 0 Å². The number of rotatable bonds is 4. The van der Waals surface area contributed by atoms with Gasteiger partial charge < -0.3 is 15.2 Å². The highest BCUT2D eigenvalue weighted by Gasteiger charge is 2.30. The molecule has 4 nitrogen and oxygen atoms in total. The Bertz CT molecular complexity index is 743. The third kappa shape index (κ3) is 3.21. The average molecular weight is 351 g/mol. The monoisotopic (exact) mass is 351 g/mol. The second-order valence-corrected chi connectivity index (χ2v) is 7.30. The normalized spacial score (nSPS) is 21.7. The van der Waals surface area contributed by atoms with Crippen LogP contribution in [0.2, 0.25) is 0 Å². The summed E-state index contributed by atoms with van der Waals surface area (Å²) in [5.74, 6) is 0.220. The van der Waals surface area contributed by atoms with Gasteiger partial charge in [0.1, 0.15) is 6.61 Å². The Morgan fingerprint density at radius 1 is 1.00 bits per heavy atom. The molecule has 1 fully saturated rings. The van der Waals surface area contributed by atoms with Crippen molar-refractivity contribution in [3.63, 3.8) is 0 Å². The largest absolute Gasteiger partial charge is 0.449 e. The lowest BCUT2D eigenvalue weighted by molar-refractivity contribution is 0.116. The Morgan fingerprint density at radius 2 is 1.62 bits per heavy atom. The summed E-state index contributed by atoms with van der Waals surface area (Å²) in [7, 11) is 0. The third-order valence-corrected chi connectivity index (χ3v) is 5.79. The van der Waals surface area contributed by atoms with Gasteiger partial charge in [-0.15, -0.1) is 0 Å². The quantitative estimate of drug-likeness (QED) is 0.873. The van der Waals surface area contributed by atoms with E-state index >= 15 is 0 Å². The van der Waals surface area contributed by atoms with Crippen molar-refractivity contribution in [2.24, 2.45) is 5.92 Å². The number of alkyl carbamates (subject to hydrolysis) is 1. The van der Waals surface area contributed by atoms with Crippen molar-refractivity contribution in [1.82, 2.24) is 5.32 Å². The first-order chi connectivity index (χ1) is 12.8. The summed E-state index contributed by atoms with van der Waals surface area (Å²) in [4.78, 5) is 12.3. The molecule has 2 aliphatic rings. The second-order valence-electron chi connectivity index (χ2n) is 7.30. The number of amides is 1. The van der Waals surface area contributed by atoms with Gasteiger partial charge in [0.25, 0.3) is 0 Å². The molecule has 0 saturated heterocycles. The van der Waals surface area contributed by atoms with Gasteiger partial charge in [-0.3, -0.25) is 0 Å². The lowest BCUT2D eigenvalue weighted by Gasteiger charge is -2.30. The number of ether oxygens (including phenoxy) is 1. The van der Waals surface area contributed by atoms with Gasteiger partial charge in [0.15, 0.2) is 0 Å². The maximum absolute atomic E-state index is 12.3. The first kappa shape index (κ1) is 17.1. The number of aliphatic hydroxyl groups is 1.